The Bertz CT molecular complexity index is 1270. The first-order chi connectivity index (χ1) is 14.4. The van der Waals surface area contributed by atoms with Gasteiger partial charge in [0.15, 0.2) is 16.4 Å². The molecule has 0 atom stereocenters. The average molecular weight is 424 g/mol. The van der Waals surface area contributed by atoms with E-state index in [0.717, 1.165) is 11.1 Å². The van der Waals surface area contributed by atoms with Crippen LogP contribution in [0.25, 0.3) is 17.1 Å². The van der Waals surface area contributed by atoms with Crippen LogP contribution in [-0.4, -0.2) is 40.9 Å². The molecule has 0 aliphatic carbocycles. The van der Waals surface area contributed by atoms with Gasteiger partial charge in [-0.05, 0) is 54.7 Å². The van der Waals surface area contributed by atoms with Crippen LogP contribution in [0.4, 0.5) is 10.1 Å². The van der Waals surface area contributed by atoms with Crippen molar-refractivity contribution in [1.82, 2.24) is 35.0 Å². The number of anilines is 1. The third-order valence-corrected chi connectivity index (χ3v) is 4.78. The van der Waals surface area contributed by atoms with Crippen LogP contribution in [0.1, 0.15) is 11.4 Å². The zero-order valence-corrected chi connectivity index (χ0v) is 16.9. The topological polar surface area (TPSA) is 106 Å². The highest BCUT2D eigenvalue weighted by atomic mass is 32.1. The van der Waals surface area contributed by atoms with Gasteiger partial charge < -0.3 is 5.32 Å². The van der Waals surface area contributed by atoms with E-state index >= 15 is 0 Å². The molecule has 4 rings (SSSR count). The van der Waals surface area contributed by atoms with Crippen molar-refractivity contribution in [2.24, 2.45) is 0 Å². The largest absolute Gasteiger partial charge is 0.322 e. The number of hydrogen-bond acceptors (Lipinski definition) is 6. The molecule has 0 fully saturated rings. The fourth-order valence-electron chi connectivity index (χ4n) is 2.93. The Balaban J connectivity index is 1.58. The van der Waals surface area contributed by atoms with E-state index in [2.05, 4.69) is 31.0 Å². The van der Waals surface area contributed by atoms with Gasteiger partial charge in [0, 0.05) is 5.56 Å². The van der Waals surface area contributed by atoms with Crippen LogP contribution >= 0.6 is 12.2 Å². The molecule has 0 spiro atoms. The maximum Gasteiger partial charge on any atom is 0.244 e. The number of H-pyrrole nitrogens is 1. The summed E-state index contributed by atoms with van der Waals surface area (Å²) in [6.45, 7) is 3.56. The molecule has 2 heterocycles. The number of halogens is 1. The van der Waals surface area contributed by atoms with Crippen LogP contribution in [-0.2, 0) is 11.3 Å². The highest BCUT2D eigenvalue weighted by Gasteiger charge is 2.15. The van der Waals surface area contributed by atoms with Crippen molar-refractivity contribution in [1.29, 1.82) is 0 Å². The van der Waals surface area contributed by atoms with Gasteiger partial charge in [-0.3, -0.25) is 14.5 Å². The zero-order valence-electron chi connectivity index (χ0n) is 16.1. The van der Waals surface area contributed by atoms with Gasteiger partial charge in [-0.15, -0.1) is 5.10 Å². The number of benzene rings is 2. The second-order valence-corrected chi connectivity index (χ2v) is 7.04. The molecule has 0 radical (unpaired) electrons. The molecule has 11 heteroatoms. The minimum Gasteiger partial charge on any atom is -0.322 e. The normalized spacial score (nSPS) is 10.9. The van der Waals surface area contributed by atoms with Gasteiger partial charge in [0.05, 0.1) is 11.4 Å². The van der Waals surface area contributed by atoms with E-state index in [1.807, 2.05) is 31.2 Å². The fraction of sp³-hybridized carbons (Fsp3) is 0.158. The second-order valence-electron chi connectivity index (χ2n) is 6.65. The number of aromatic nitrogens is 7. The van der Waals surface area contributed by atoms with E-state index in [0.29, 0.717) is 22.1 Å². The average Bonchev–Trinajstić information content (AvgIpc) is 3.30. The standard InChI is InChI=1S/C19H17FN8OS/c1-11-3-5-13(6-4-11)18-23-24-19(30)27(18)10-17(29)21-16-9-14(7-8-15(16)20)28-12(2)22-25-26-28/h3-9H,10H2,1-2H3,(H,21,29)(H,24,30). The highest BCUT2D eigenvalue weighted by Crippen LogP contribution is 2.21. The van der Waals surface area contributed by atoms with Crippen molar-refractivity contribution >= 4 is 23.8 Å². The molecule has 0 aliphatic rings. The summed E-state index contributed by atoms with van der Waals surface area (Å²) in [4.78, 5) is 12.7. The molecule has 152 valence electrons. The summed E-state index contributed by atoms with van der Waals surface area (Å²) in [5, 5.41) is 20.7. The lowest BCUT2D eigenvalue weighted by atomic mass is 10.1. The summed E-state index contributed by atoms with van der Waals surface area (Å²) >= 11 is 5.26. The van der Waals surface area contributed by atoms with Crippen LogP contribution in [0.2, 0.25) is 0 Å². The van der Waals surface area contributed by atoms with Gasteiger partial charge in [-0.25, -0.2) is 4.39 Å². The monoisotopic (exact) mass is 424 g/mol. The molecule has 1 amide bonds. The maximum absolute atomic E-state index is 14.3. The van der Waals surface area contributed by atoms with E-state index in [-0.39, 0.29) is 12.2 Å². The minimum atomic E-state index is -0.577. The molecule has 4 aromatic rings. The Morgan fingerprint density at radius 1 is 1.20 bits per heavy atom. The van der Waals surface area contributed by atoms with E-state index in [1.165, 1.54) is 22.9 Å². The van der Waals surface area contributed by atoms with Crippen molar-refractivity contribution in [3.05, 3.63) is 64.4 Å². The highest BCUT2D eigenvalue weighted by molar-refractivity contribution is 7.71. The van der Waals surface area contributed by atoms with Gasteiger partial charge in [0.1, 0.15) is 12.4 Å². The van der Waals surface area contributed by atoms with Gasteiger partial charge in [-0.1, -0.05) is 29.8 Å². The van der Waals surface area contributed by atoms with Crippen LogP contribution in [0, 0.1) is 24.4 Å². The summed E-state index contributed by atoms with van der Waals surface area (Å²) in [7, 11) is 0. The van der Waals surface area contributed by atoms with Crippen molar-refractivity contribution < 1.29 is 9.18 Å². The number of tetrazole rings is 1. The predicted molar refractivity (Wildman–Crippen MR) is 110 cm³/mol. The Morgan fingerprint density at radius 2 is 1.97 bits per heavy atom. The van der Waals surface area contributed by atoms with Crippen LogP contribution in [0.5, 0.6) is 0 Å². The Morgan fingerprint density at radius 3 is 2.67 bits per heavy atom. The summed E-state index contributed by atoms with van der Waals surface area (Å²) in [6, 6.07) is 11.9. The number of aryl methyl sites for hydroxylation is 2. The minimum absolute atomic E-state index is 0.0132. The number of carbonyl (C=O) groups excluding carboxylic acids is 1. The molecule has 0 saturated carbocycles. The smallest absolute Gasteiger partial charge is 0.244 e. The number of carbonyl (C=O) groups is 1. The SMILES string of the molecule is Cc1ccc(-c2n[nH]c(=S)n2CC(=O)Nc2cc(-n3nnnc3C)ccc2F)cc1. The lowest BCUT2D eigenvalue weighted by Gasteiger charge is -2.11. The van der Waals surface area contributed by atoms with E-state index < -0.39 is 11.7 Å². The quantitative estimate of drug-likeness (QED) is 0.477. The molecule has 2 aromatic heterocycles. The Kier molecular flexibility index (Phi) is 5.19. The summed E-state index contributed by atoms with van der Waals surface area (Å²) < 4.78 is 17.6. The molecule has 9 nitrogen and oxygen atoms in total. The molecule has 2 aromatic carbocycles. The van der Waals surface area contributed by atoms with E-state index in [9.17, 15) is 9.18 Å². The molecule has 0 saturated heterocycles. The number of nitrogens with one attached hydrogen (secondary N) is 2. The molecular weight excluding hydrogens is 407 g/mol. The second kappa shape index (κ2) is 7.95. The number of aromatic amines is 1. The molecule has 30 heavy (non-hydrogen) atoms. The van der Waals surface area contributed by atoms with Crippen LogP contribution in [0.15, 0.2) is 42.5 Å². The third-order valence-electron chi connectivity index (χ3n) is 4.46. The fourth-order valence-corrected chi connectivity index (χ4v) is 3.13. The lowest BCUT2D eigenvalue weighted by molar-refractivity contribution is -0.116. The lowest BCUT2D eigenvalue weighted by Crippen LogP contribution is -2.20. The predicted octanol–water partition coefficient (Wildman–Crippen LogP) is 2.98. The number of hydrogen-bond donors (Lipinski definition) is 2. The maximum atomic E-state index is 14.3. The number of rotatable bonds is 5. The summed E-state index contributed by atoms with van der Waals surface area (Å²) in [5.74, 6) is 0.0257. The van der Waals surface area contributed by atoms with Crippen LogP contribution < -0.4 is 5.32 Å². The van der Waals surface area contributed by atoms with Gasteiger partial charge in [0.25, 0.3) is 0 Å². The van der Waals surface area contributed by atoms with E-state index in [4.69, 9.17) is 12.2 Å². The summed E-state index contributed by atoms with van der Waals surface area (Å²) in [6.07, 6.45) is 0. The molecule has 2 N–H and O–H groups in total. The molecular formula is C19H17FN8OS. The van der Waals surface area contributed by atoms with Crippen molar-refractivity contribution in [3.63, 3.8) is 0 Å². The van der Waals surface area contributed by atoms with Crippen LogP contribution in [0.3, 0.4) is 0 Å². The summed E-state index contributed by atoms with van der Waals surface area (Å²) in [5.41, 5.74) is 2.45. The van der Waals surface area contributed by atoms with Crippen molar-refractivity contribution in [3.8, 4) is 17.1 Å². The van der Waals surface area contributed by atoms with E-state index in [1.54, 1.807) is 11.5 Å². The van der Waals surface area contributed by atoms with Crippen molar-refractivity contribution in [2.75, 3.05) is 5.32 Å². The number of amides is 1. The first-order valence-electron chi connectivity index (χ1n) is 8.99. The van der Waals surface area contributed by atoms with Gasteiger partial charge in [-0.2, -0.15) is 9.78 Å². The Labute approximate surface area is 175 Å². The first-order valence-corrected chi connectivity index (χ1v) is 9.40. The molecule has 0 unspecified atom stereocenters. The molecule has 0 aliphatic heterocycles. The Hall–Kier alpha value is -3.73. The van der Waals surface area contributed by atoms with Gasteiger partial charge in [0.2, 0.25) is 5.91 Å². The van der Waals surface area contributed by atoms with Crippen molar-refractivity contribution in [2.45, 2.75) is 20.4 Å². The number of nitrogens with zero attached hydrogens (tertiary/aromatic N) is 6. The zero-order chi connectivity index (χ0) is 21.3. The third kappa shape index (κ3) is 3.87. The first kappa shape index (κ1) is 19.6. The molecule has 0 bridgehead atoms. The van der Waals surface area contributed by atoms with Gasteiger partial charge >= 0.3 is 0 Å².